The molecule has 0 atom stereocenters. The summed E-state index contributed by atoms with van der Waals surface area (Å²) in [5.74, 6) is 0.167. The van der Waals surface area contributed by atoms with Crippen LogP contribution in [0.5, 0.6) is 0 Å². The molecule has 1 aliphatic carbocycles. The first-order valence-corrected chi connectivity index (χ1v) is 7.39. The lowest BCUT2D eigenvalue weighted by Gasteiger charge is -2.34. The summed E-state index contributed by atoms with van der Waals surface area (Å²) in [5, 5.41) is 19.3. The van der Waals surface area contributed by atoms with Crippen LogP contribution in [0.4, 0.5) is 0 Å². The van der Waals surface area contributed by atoms with E-state index < -0.39 is 17.1 Å². The Morgan fingerprint density at radius 1 is 1.43 bits per heavy atom. The minimum atomic E-state index is -0.856. The van der Waals surface area contributed by atoms with E-state index in [2.05, 4.69) is 22.4 Å². The highest BCUT2D eigenvalue weighted by molar-refractivity contribution is 5.95. The number of amides is 1. The summed E-state index contributed by atoms with van der Waals surface area (Å²) >= 11 is 0. The molecule has 6 nitrogen and oxygen atoms in total. The minimum Gasteiger partial charge on any atom is -0.388 e. The molecule has 1 amide bonds. The number of aryl methyl sites for hydroxylation is 1. The van der Waals surface area contributed by atoms with Crippen LogP contribution in [0.1, 0.15) is 54.2 Å². The molecular weight excluding hydrogens is 270 g/mol. The van der Waals surface area contributed by atoms with Crippen molar-refractivity contribution in [3.8, 4) is 0 Å². The lowest BCUT2D eigenvalue weighted by molar-refractivity contribution is -0.00542. The SMILES string of the molecule is Cc1n[nH]c(=O)c(C(=O)NCC2(O)CCC(C)CC2)c1C. The first kappa shape index (κ1) is 15.7. The molecule has 1 aliphatic rings. The van der Waals surface area contributed by atoms with Gasteiger partial charge in [0.25, 0.3) is 11.5 Å². The molecule has 0 aliphatic heterocycles. The monoisotopic (exact) mass is 293 g/mol. The van der Waals surface area contributed by atoms with Crippen molar-refractivity contribution in [2.45, 2.75) is 52.1 Å². The van der Waals surface area contributed by atoms with Gasteiger partial charge in [-0.25, -0.2) is 5.10 Å². The molecule has 0 spiro atoms. The van der Waals surface area contributed by atoms with Crippen LogP contribution in [-0.4, -0.2) is 33.4 Å². The Kier molecular flexibility index (Phi) is 4.46. The number of hydrogen-bond donors (Lipinski definition) is 3. The smallest absolute Gasteiger partial charge is 0.277 e. The number of hydrogen-bond acceptors (Lipinski definition) is 4. The molecule has 0 radical (unpaired) electrons. The molecule has 1 aromatic heterocycles. The number of aliphatic hydroxyl groups is 1. The Labute approximate surface area is 124 Å². The second kappa shape index (κ2) is 5.97. The third-order valence-electron chi connectivity index (χ3n) is 4.48. The summed E-state index contributed by atoms with van der Waals surface area (Å²) in [4.78, 5) is 24.0. The van der Waals surface area contributed by atoms with Crippen LogP contribution in [0.2, 0.25) is 0 Å². The topological polar surface area (TPSA) is 95.1 Å². The number of aromatic amines is 1. The Morgan fingerprint density at radius 3 is 2.67 bits per heavy atom. The van der Waals surface area contributed by atoms with Gasteiger partial charge in [-0.3, -0.25) is 9.59 Å². The standard InChI is InChI=1S/C15H23N3O3/c1-9-4-6-15(21,7-5-9)8-16-13(19)12-10(2)11(3)17-18-14(12)20/h9,21H,4-8H2,1-3H3,(H,16,19)(H,18,20). The number of aromatic nitrogens is 2. The summed E-state index contributed by atoms with van der Waals surface area (Å²) in [6.45, 7) is 5.78. The average Bonchev–Trinajstić information content (AvgIpc) is 2.45. The van der Waals surface area contributed by atoms with Crippen molar-refractivity contribution in [1.29, 1.82) is 0 Å². The van der Waals surface area contributed by atoms with E-state index in [1.165, 1.54) is 0 Å². The van der Waals surface area contributed by atoms with Crippen LogP contribution < -0.4 is 10.9 Å². The molecule has 1 saturated carbocycles. The summed E-state index contributed by atoms with van der Waals surface area (Å²) in [5.41, 5.74) is -0.0918. The molecule has 1 heterocycles. The van der Waals surface area contributed by atoms with E-state index >= 15 is 0 Å². The molecular formula is C15H23N3O3. The maximum atomic E-state index is 12.2. The maximum Gasteiger partial charge on any atom is 0.277 e. The predicted molar refractivity (Wildman–Crippen MR) is 79.2 cm³/mol. The van der Waals surface area contributed by atoms with Gasteiger partial charge in [-0.1, -0.05) is 6.92 Å². The molecule has 0 unspecified atom stereocenters. The fourth-order valence-corrected chi connectivity index (χ4v) is 2.71. The second-order valence-corrected chi connectivity index (χ2v) is 6.23. The van der Waals surface area contributed by atoms with Crippen LogP contribution in [0, 0.1) is 19.8 Å². The molecule has 21 heavy (non-hydrogen) atoms. The number of nitrogens with one attached hydrogen (secondary N) is 2. The van der Waals surface area contributed by atoms with Crippen molar-refractivity contribution in [3.63, 3.8) is 0 Å². The van der Waals surface area contributed by atoms with E-state index in [4.69, 9.17) is 0 Å². The van der Waals surface area contributed by atoms with Gasteiger partial charge in [0.2, 0.25) is 0 Å². The third-order valence-corrected chi connectivity index (χ3v) is 4.48. The van der Waals surface area contributed by atoms with Gasteiger partial charge in [-0.15, -0.1) is 0 Å². The first-order valence-electron chi connectivity index (χ1n) is 7.39. The van der Waals surface area contributed by atoms with Crippen molar-refractivity contribution < 1.29 is 9.90 Å². The van der Waals surface area contributed by atoms with E-state index in [1.807, 2.05) is 0 Å². The molecule has 1 fully saturated rings. The Balaban J connectivity index is 2.06. The molecule has 0 saturated heterocycles. The largest absolute Gasteiger partial charge is 0.388 e. The van der Waals surface area contributed by atoms with Crippen molar-refractivity contribution in [1.82, 2.24) is 15.5 Å². The van der Waals surface area contributed by atoms with Crippen LogP contribution in [0.25, 0.3) is 0 Å². The Bertz CT molecular complexity index is 586. The average molecular weight is 293 g/mol. The highest BCUT2D eigenvalue weighted by atomic mass is 16.3. The van der Waals surface area contributed by atoms with Crippen LogP contribution in [0.15, 0.2) is 4.79 Å². The highest BCUT2D eigenvalue weighted by Crippen LogP contribution is 2.31. The van der Waals surface area contributed by atoms with Crippen molar-refractivity contribution >= 4 is 5.91 Å². The molecule has 1 aromatic rings. The van der Waals surface area contributed by atoms with Gasteiger partial charge >= 0.3 is 0 Å². The summed E-state index contributed by atoms with van der Waals surface area (Å²) in [7, 11) is 0. The number of rotatable bonds is 3. The molecule has 6 heteroatoms. The summed E-state index contributed by atoms with van der Waals surface area (Å²) in [6, 6.07) is 0. The molecule has 116 valence electrons. The zero-order chi connectivity index (χ0) is 15.6. The van der Waals surface area contributed by atoms with Crippen LogP contribution in [-0.2, 0) is 0 Å². The van der Waals surface area contributed by atoms with Gasteiger partial charge in [-0.05, 0) is 51.0 Å². The van der Waals surface area contributed by atoms with Gasteiger partial charge in [0.1, 0.15) is 5.56 Å². The highest BCUT2D eigenvalue weighted by Gasteiger charge is 2.32. The molecule has 3 N–H and O–H groups in total. The Morgan fingerprint density at radius 2 is 2.05 bits per heavy atom. The van der Waals surface area contributed by atoms with Gasteiger partial charge in [-0.2, -0.15) is 5.10 Å². The number of carbonyl (C=O) groups excluding carboxylic acids is 1. The fourth-order valence-electron chi connectivity index (χ4n) is 2.71. The van der Waals surface area contributed by atoms with Gasteiger partial charge in [0.05, 0.1) is 11.3 Å². The Hall–Kier alpha value is -1.69. The van der Waals surface area contributed by atoms with Crippen LogP contribution >= 0.6 is 0 Å². The zero-order valence-electron chi connectivity index (χ0n) is 12.8. The van der Waals surface area contributed by atoms with Crippen molar-refractivity contribution in [2.75, 3.05) is 6.54 Å². The van der Waals surface area contributed by atoms with E-state index in [0.717, 1.165) is 12.8 Å². The van der Waals surface area contributed by atoms with E-state index in [0.29, 0.717) is 30.0 Å². The van der Waals surface area contributed by atoms with Crippen molar-refractivity contribution in [3.05, 3.63) is 27.2 Å². The summed E-state index contributed by atoms with van der Waals surface area (Å²) < 4.78 is 0. The molecule has 2 rings (SSSR count). The third kappa shape index (κ3) is 3.50. The normalized spacial score (nSPS) is 25.6. The molecule has 0 aromatic carbocycles. The maximum absolute atomic E-state index is 12.2. The summed E-state index contributed by atoms with van der Waals surface area (Å²) in [6.07, 6.45) is 3.28. The quantitative estimate of drug-likeness (QED) is 0.776. The second-order valence-electron chi connectivity index (χ2n) is 6.23. The predicted octanol–water partition coefficient (Wildman–Crippen LogP) is 1.06. The number of nitrogens with zero attached hydrogens (tertiary/aromatic N) is 1. The van der Waals surface area contributed by atoms with E-state index in [9.17, 15) is 14.7 Å². The fraction of sp³-hybridized carbons (Fsp3) is 0.667. The lowest BCUT2D eigenvalue weighted by atomic mass is 9.79. The van der Waals surface area contributed by atoms with Crippen LogP contribution in [0.3, 0.4) is 0 Å². The first-order chi connectivity index (χ1) is 9.82. The van der Waals surface area contributed by atoms with E-state index in [-0.39, 0.29) is 12.1 Å². The number of H-pyrrole nitrogens is 1. The molecule has 0 bridgehead atoms. The zero-order valence-corrected chi connectivity index (χ0v) is 12.8. The van der Waals surface area contributed by atoms with Gasteiger partial charge < -0.3 is 10.4 Å². The number of carbonyl (C=O) groups is 1. The van der Waals surface area contributed by atoms with Crippen molar-refractivity contribution in [2.24, 2.45) is 5.92 Å². The van der Waals surface area contributed by atoms with E-state index in [1.54, 1.807) is 13.8 Å². The van der Waals surface area contributed by atoms with Gasteiger partial charge in [0, 0.05) is 6.54 Å². The minimum absolute atomic E-state index is 0.0790. The lowest BCUT2D eigenvalue weighted by Crippen LogP contribution is -2.46. The van der Waals surface area contributed by atoms with Gasteiger partial charge in [0.15, 0.2) is 0 Å².